The van der Waals surface area contributed by atoms with Crippen LogP contribution in [-0.2, 0) is 0 Å². The Hall–Kier alpha value is -0.780. The molecule has 2 unspecified atom stereocenters. The van der Waals surface area contributed by atoms with E-state index in [2.05, 4.69) is 27.8 Å². The van der Waals surface area contributed by atoms with Gasteiger partial charge in [-0.25, -0.2) is 0 Å². The van der Waals surface area contributed by atoms with Gasteiger partial charge >= 0.3 is 0 Å². The monoisotopic (exact) mass is 356 g/mol. The first-order valence-corrected chi connectivity index (χ1v) is 8.25. The maximum Gasteiger partial charge on any atom is 0.161 e. The van der Waals surface area contributed by atoms with Gasteiger partial charge in [0.15, 0.2) is 11.5 Å². The van der Waals surface area contributed by atoms with Crippen molar-refractivity contribution in [2.24, 2.45) is 11.7 Å². The molecule has 1 aromatic carbocycles. The maximum absolute atomic E-state index is 6.08. The Kier molecular flexibility index (Phi) is 5.90. The molecular formula is C16H25BrN2O2. The normalized spacial score (nSPS) is 21.1. The van der Waals surface area contributed by atoms with Crippen molar-refractivity contribution in [3.63, 3.8) is 0 Å². The van der Waals surface area contributed by atoms with Gasteiger partial charge in [0.05, 0.1) is 14.2 Å². The largest absolute Gasteiger partial charge is 0.493 e. The second kappa shape index (κ2) is 7.47. The van der Waals surface area contributed by atoms with Crippen molar-refractivity contribution in [2.45, 2.75) is 25.8 Å². The molecule has 1 fully saturated rings. The molecule has 21 heavy (non-hydrogen) atoms. The number of halogens is 1. The number of nitrogens with zero attached hydrogens (tertiary/aromatic N) is 1. The van der Waals surface area contributed by atoms with Crippen LogP contribution < -0.4 is 15.2 Å². The zero-order valence-electron chi connectivity index (χ0n) is 13.1. The van der Waals surface area contributed by atoms with Crippen molar-refractivity contribution in [1.82, 2.24) is 4.90 Å². The molecule has 1 heterocycles. The molecule has 0 aliphatic carbocycles. The minimum atomic E-state index is 0.210. The summed E-state index contributed by atoms with van der Waals surface area (Å²) in [5.74, 6) is 2.21. The Labute approximate surface area is 135 Å². The highest BCUT2D eigenvalue weighted by Crippen LogP contribution is 2.38. The molecule has 1 aromatic rings. The van der Waals surface area contributed by atoms with E-state index in [0.717, 1.165) is 35.0 Å². The minimum Gasteiger partial charge on any atom is -0.493 e. The molecule has 2 atom stereocenters. The van der Waals surface area contributed by atoms with Crippen molar-refractivity contribution in [3.05, 3.63) is 22.2 Å². The zero-order valence-corrected chi connectivity index (χ0v) is 14.6. The first-order valence-electron chi connectivity index (χ1n) is 7.46. The third-order valence-corrected chi connectivity index (χ3v) is 4.90. The summed E-state index contributed by atoms with van der Waals surface area (Å²) in [6, 6.07) is 4.21. The summed E-state index contributed by atoms with van der Waals surface area (Å²) in [7, 11) is 3.31. The van der Waals surface area contributed by atoms with Crippen LogP contribution in [0.5, 0.6) is 11.5 Å². The van der Waals surface area contributed by atoms with Crippen LogP contribution in [-0.4, -0.2) is 38.8 Å². The molecule has 1 saturated heterocycles. The number of piperidine rings is 1. The quantitative estimate of drug-likeness (QED) is 0.879. The molecule has 118 valence electrons. The number of nitrogens with two attached hydrogens (primary N) is 1. The van der Waals surface area contributed by atoms with Crippen molar-refractivity contribution >= 4 is 15.9 Å². The number of benzene rings is 1. The number of methoxy groups -OCH3 is 2. The molecule has 2 rings (SSSR count). The van der Waals surface area contributed by atoms with E-state index in [1.54, 1.807) is 14.2 Å². The maximum atomic E-state index is 6.08. The van der Waals surface area contributed by atoms with E-state index >= 15 is 0 Å². The highest BCUT2D eigenvalue weighted by molar-refractivity contribution is 9.10. The second-order valence-electron chi connectivity index (χ2n) is 5.72. The van der Waals surface area contributed by atoms with Crippen LogP contribution in [0.2, 0.25) is 0 Å². The molecule has 2 N–H and O–H groups in total. The van der Waals surface area contributed by atoms with Crippen molar-refractivity contribution in [1.29, 1.82) is 0 Å². The SMILES string of the molecule is COc1cc(Br)c(C(CN)N2CCCC(C)C2)cc1OC. The van der Waals surface area contributed by atoms with Crippen LogP contribution in [0.1, 0.15) is 31.4 Å². The third kappa shape index (κ3) is 3.71. The second-order valence-corrected chi connectivity index (χ2v) is 6.58. The van der Waals surface area contributed by atoms with Gasteiger partial charge in [-0.1, -0.05) is 22.9 Å². The Morgan fingerprint density at radius 2 is 2.00 bits per heavy atom. The highest BCUT2D eigenvalue weighted by atomic mass is 79.9. The average Bonchev–Trinajstić information content (AvgIpc) is 2.49. The fourth-order valence-corrected chi connectivity index (χ4v) is 3.69. The summed E-state index contributed by atoms with van der Waals surface area (Å²) in [5.41, 5.74) is 7.25. The molecule has 0 bridgehead atoms. The number of rotatable bonds is 5. The standard InChI is InChI=1S/C16H25BrN2O2/c1-11-5-4-6-19(10-11)14(9-18)12-7-15(20-2)16(21-3)8-13(12)17/h7-8,11,14H,4-6,9-10,18H2,1-3H3. The highest BCUT2D eigenvalue weighted by Gasteiger charge is 2.26. The summed E-state index contributed by atoms with van der Waals surface area (Å²) in [4.78, 5) is 2.49. The number of hydrogen-bond acceptors (Lipinski definition) is 4. The van der Waals surface area contributed by atoms with E-state index in [1.807, 2.05) is 12.1 Å². The van der Waals surface area contributed by atoms with Crippen LogP contribution in [0.3, 0.4) is 0 Å². The van der Waals surface area contributed by atoms with Gasteiger partial charge in [0.2, 0.25) is 0 Å². The van der Waals surface area contributed by atoms with Crippen LogP contribution >= 0.6 is 15.9 Å². The predicted molar refractivity (Wildman–Crippen MR) is 89.0 cm³/mol. The van der Waals surface area contributed by atoms with Crippen LogP contribution in [0.15, 0.2) is 16.6 Å². The van der Waals surface area contributed by atoms with E-state index in [4.69, 9.17) is 15.2 Å². The first-order chi connectivity index (χ1) is 10.1. The molecule has 0 radical (unpaired) electrons. The van der Waals surface area contributed by atoms with Gasteiger partial charge in [0.25, 0.3) is 0 Å². The summed E-state index contributed by atoms with van der Waals surface area (Å²) in [6.45, 7) is 5.11. The van der Waals surface area contributed by atoms with Gasteiger partial charge in [-0.05, 0) is 43.0 Å². The predicted octanol–water partition coefficient (Wildman–Crippen LogP) is 3.20. The first kappa shape index (κ1) is 16.6. The van der Waals surface area contributed by atoms with Gasteiger partial charge in [0, 0.05) is 23.6 Å². The van der Waals surface area contributed by atoms with E-state index in [-0.39, 0.29) is 6.04 Å². The molecular weight excluding hydrogens is 332 g/mol. The molecule has 0 spiro atoms. The molecule has 0 saturated carbocycles. The van der Waals surface area contributed by atoms with Crippen LogP contribution in [0.4, 0.5) is 0 Å². The van der Waals surface area contributed by atoms with Gasteiger partial charge in [-0.2, -0.15) is 0 Å². The fourth-order valence-electron chi connectivity index (χ4n) is 3.11. The molecule has 0 aromatic heterocycles. The lowest BCUT2D eigenvalue weighted by Gasteiger charge is -2.37. The van der Waals surface area contributed by atoms with Crippen LogP contribution in [0.25, 0.3) is 0 Å². The molecule has 5 heteroatoms. The zero-order chi connectivity index (χ0) is 15.4. The average molecular weight is 357 g/mol. The topological polar surface area (TPSA) is 47.7 Å². The number of hydrogen-bond donors (Lipinski definition) is 1. The van der Waals surface area contributed by atoms with Gasteiger partial charge in [-0.3, -0.25) is 4.90 Å². The third-order valence-electron chi connectivity index (χ3n) is 4.21. The smallest absolute Gasteiger partial charge is 0.161 e. The van der Waals surface area contributed by atoms with E-state index in [9.17, 15) is 0 Å². The van der Waals surface area contributed by atoms with Gasteiger partial charge in [0.1, 0.15) is 0 Å². The Bertz CT molecular complexity index is 482. The Morgan fingerprint density at radius 3 is 2.57 bits per heavy atom. The lowest BCUT2D eigenvalue weighted by Crippen LogP contribution is -2.40. The number of ether oxygens (including phenoxy) is 2. The summed E-state index contributed by atoms with van der Waals surface area (Å²) < 4.78 is 11.8. The van der Waals surface area contributed by atoms with E-state index in [1.165, 1.54) is 18.4 Å². The minimum absolute atomic E-state index is 0.210. The van der Waals surface area contributed by atoms with Gasteiger partial charge in [-0.15, -0.1) is 0 Å². The van der Waals surface area contributed by atoms with Gasteiger partial charge < -0.3 is 15.2 Å². The summed E-state index contributed by atoms with van der Waals surface area (Å²) in [6.07, 6.45) is 2.55. The summed E-state index contributed by atoms with van der Waals surface area (Å²) in [5, 5.41) is 0. The Morgan fingerprint density at radius 1 is 1.33 bits per heavy atom. The number of likely N-dealkylation sites (tertiary alicyclic amines) is 1. The van der Waals surface area contributed by atoms with Crippen molar-refractivity contribution in [3.8, 4) is 11.5 Å². The fraction of sp³-hybridized carbons (Fsp3) is 0.625. The molecule has 1 aliphatic heterocycles. The molecule has 1 aliphatic rings. The molecule has 4 nitrogen and oxygen atoms in total. The van der Waals surface area contributed by atoms with Crippen molar-refractivity contribution < 1.29 is 9.47 Å². The summed E-state index contributed by atoms with van der Waals surface area (Å²) >= 11 is 3.66. The lowest BCUT2D eigenvalue weighted by atomic mass is 9.96. The Balaban J connectivity index is 2.33. The van der Waals surface area contributed by atoms with Crippen LogP contribution in [0, 0.1) is 5.92 Å². The van der Waals surface area contributed by atoms with E-state index < -0.39 is 0 Å². The van der Waals surface area contributed by atoms with Crippen molar-refractivity contribution in [2.75, 3.05) is 33.9 Å². The molecule has 0 amide bonds. The lowest BCUT2D eigenvalue weighted by molar-refractivity contribution is 0.132. The van der Waals surface area contributed by atoms with E-state index in [0.29, 0.717) is 6.54 Å².